The van der Waals surface area contributed by atoms with E-state index in [1.165, 1.54) is 30.7 Å². The molecule has 164 valence electrons. The summed E-state index contributed by atoms with van der Waals surface area (Å²) in [6.07, 6.45) is 2.37. The minimum atomic E-state index is -2.77. The first-order chi connectivity index (χ1) is 14.9. The van der Waals surface area contributed by atoms with Crippen LogP contribution < -0.4 is 0 Å². The second-order valence-electron chi connectivity index (χ2n) is 6.82. The number of aromatic nitrogens is 3. The predicted octanol–water partition coefficient (Wildman–Crippen LogP) is 2.13. The van der Waals surface area contributed by atoms with Crippen molar-refractivity contribution < 1.29 is 28.2 Å². The minimum Gasteiger partial charge on any atom is -0.480 e. The molecule has 1 atom stereocenters. The number of hydrogen-bond acceptors (Lipinski definition) is 8. The zero-order valence-corrected chi connectivity index (χ0v) is 17.1. The fourth-order valence-electron chi connectivity index (χ4n) is 3.72. The summed E-state index contributed by atoms with van der Waals surface area (Å²) in [6.45, 7) is -2.84. The largest absolute Gasteiger partial charge is 0.480 e. The first-order valence-electron chi connectivity index (χ1n) is 9.23. The van der Waals surface area contributed by atoms with Crippen LogP contribution in [0.1, 0.15) is 23.7 Å². The number of amides is 1. The van der Waals surface area contributed by atoms with Crippen molar-refractivity contribution in [3.05, 3.63) is 40.2 Å². The van der Waals surface area contributed by atoms with Crippen LogP contribution in [0, 0.1) is 0 Å². The van der Waals surface area contributed by atoms with Gasteiger partial charge in [-0.1, -0.05) is 0 Å². The van der Waals surface area contributed by atoms with Gasteiger partial charge in [-0.15, -0.1) is 11.3 Å². The zero-order chi connectivity index (χ0) is 22.1. The molecule has 1 amide bonds. The first-order valence-corrected chi connectivity index (χ1v) is 10.1. The van der Waals surface area contributed by atoms with Crippen molar-refractivity contribution in [2.45, 2.75) is 19.0 Å². The number of carboxylic acids is 1. The number of aliphatic carboxylic acids is 1. The van der Waals surface area contributed by atoms with Crippen LogP contribution in [0.2, 0.25) is 0 Å². The number of alkyl halides is 2. The molecule has 13 heteroatoms. The van der Waals surface area contributed by atoms with E-state index >= 15 is 0 Å². The molecule has 4 heterocycles. The molecule has 2 aliphatic heterocycles. The third kappa shape index (κ3) is 4.00. The SMILES string of the molecule is COC(=O)N(CC(=O)O)C1CC2=C(c3ccn(C(F)F)n3)CN=C(c3nccs3)N2C1. The Morgan fingerprint density at radius 1 is 1.45 bits per heavy atom. The Morgan fingerprint density at radius 2 is 2.26 bits per heavy atom. The van der Waals surface area contributed by atoms with Crippen molar-refractivity contribution in [3.8, 4) is 0 Å². The van der Waals surface area contributed by atoms with Gasteiger partial charge in [0.25, 0.3) is 0 Å². The number of ether oxygens (including phenoxy) is 1. The fourth-order valence-corrected chi connectivity index (χ4v) is 4.37. The van der Waals surface area contributed by atoms with Crippen molar-refractivity contribution in [3.63, 3.8) is 0 Å². The number of hydrogen-bond donors (Lipinski definition) is 1. The van der Waals surface area contributed by atoms with Crippen LogP contribution in [0.3, 0.4) is 0 Å². The van der Waals surface area contributed by atoms with E-state index in [-0.39, 0.29) is 13.1 Å². The molecule has 0 radical (unpaired) electrons. The maximum absolute atomic E-state index is 13.0. The van der Waals surface area contributed by atoms with Crippen LogP contribution in [-0.2, 0) is 9.53 Å². The highest BCUT2D eigenvalue weighted by Crippen LogP contribution is 2.36. The van der Waals surface area contributed by atoms with Gasteiger partial charge in [-0.3, -0.25) is 14.7 Å². The van der Waals surface area contributed by atoms with Crippen LogP contribution in [-0.4, -0.2) is 80.4 Å². The quantitative estimate of drug-likeness (QED) is 0.714. The predicted molar refractivity (Wildman–Crippen MR) is 106 cm³/mol. The van der Waals surface area contributed by atoms with Gasteiger partial charge in [0.1, 0.15) is 6.54 Å². The summed E-state index contributed by atoms with van der Waals surface area (Å²) in [5.74, 6) is -0.585. The molecule has 2 aromatic rings. The van der Waals surface area contributed by atoms with Gasteiger partial charge in [0.05, 0.1) is 25.4 Å². The van der Waals surface area contributed by atoms with Gasteiger partial charge in [0, 0.05) is 42.0 Å². The van der Waals surface area contributed by atoms with E-state index in [0.29, 0.717) is 33.2 Å². The van der Waals surface area contributed by atoms with Gasteiger partial charge in [-0.2, -0.15) is 13.9 Å². The van der Waals surface area contributed by atoms with Gasteiger partial charge >= 0.3 is 18.6 Å². The van der Waals surface area contributed by atoms with E-state index in [2.05, 4.69) is 15.1 Å². The summed E-state index contributed by atoms with van der Waals surface area (Å²) in [5, 5.41) is 15.7. The third-order valence-electron chi connectivity index (χ3n) is 5.04. The second-order valence-corrected chi connectivity index (χ2v) is 7.72. The Labute approximate surface area is 179 Å². The molecule has 2 aliphatic rings. The average molecular weight is 452 g/mol. The monoisotopic (exact) mass is 452 g/mol. The summed E-state index contributed by atoms with van der Waals surface area (Å²) in [6, 6.07) is 0.966. The third-order valence-corrected chi connectivity index (χ3v) is 5.80. The number of fused-ring (bicyclic) bond motifs is 1. The van der Waals surface area contributed by atoms with E-state index in [9.17, 15) is 23.5 Å². The minimum absolute atomic E-state index is 0.199. The molecule has 0 spiro atoms. The summed E-state index contributed by atoms with van der Waals surface area (Å²) in [7, 11) is 1.18. The second kappa shape index (κ2) is 8.41. The molecule has 4 rings (SSSR count). The molecule has 1 unspecified atom stereocenters. The highest BCUT2D eigenvalue weighted by molar-refractivity contribution is 7.11. The Kier molecular flexibility index (Phi) is 5.67. The van der Waals surface area contributed by atoms with Crippen molar-refractivity contribution in [2.24, 2.45) is 4.99 Å². The Balaban J connectivity index is 1.73. The van der Waals surface area contributed by atoms with Crippen LogP contribution in [0.25, 0.3) is 5.57 Å². The van der Waals surface area contributed by atoms with E-state index < -0.39 is 31.2 Å². The average Bonchev–Trinajstić information content (AvgIpc) is 3.50. The molecule has 10 nitrogen and oxygen atoms in total. The number of nitrogens with zero attached hydrogens (tertiary/aromatic N) is 6. The zero-order valence-electron chi connectivity index (χ0n) is 16.3. The summed E-state index contributed by atoms with van der Waals surface area (Å²) in [5.41, 5.74) is 1.73. The Bertz CT molecular complexity index is 1050. The van der Waals surface area contributed by atoms with E-state index in [0.717, 1.165) is 10.6 Å². The van der Waals surface area contributed by atoms with Crippen molar-refractivity contribution in [1.29, 1.82) is 0 Å². The van der Waals surface area contributed by atoms with E-state index in [1.807, 2.05) is 4.90 Å². The number of carboxylic acid groups (broad SMARTS) is 1. The maximum atomic E-state index is 13.0. The molecule has 1 fully saturated rings. The normalized spacial score (nSPS) is 18.3. The number of rotatable bonds is 6. The maximum Gasteiger partial charge on any atom is 0.410 e. The van der Waals surface area contributed by atoms with Crippen molar-refractivity contribution in [2.75, 3.05) is 26.7 Å². The van der Waals surface area contributed by atoms with Gasteiger partial charge in [-0.05, 0) is 6.07 Å². The summed E-state index contributed by atoms with van der Waals surface area (Å²) >= 11 is 1.39. The molecule has 31 heavy (non-hydrogen) atoms. The lowest BCUT2D eigenvalue weighted by atomic mass is 10.1. The molecule has 0 saturated carbocycles. The Hall–Kier alpha value is -3.35. The molecular formula is C18H18F2N6O4S. The highest BCUT2D eigenvalue weighted by atomic mass is 32.1. The van der Waals surface area contributed by atoms with Crippen molar-refractivity contribution in [1.82, 2.24) is 24.6 Å². The van der Waals surface area contributed by atoms with Gasteiger partial charge in [0.2, 0.25) is 0 Å². The van der Waals surface area contributed by atoms with Crippen LogP contribution in [0.5, 0.6) is 0 Å². The van der Waals surface area contributed by atoms with E-state index in [1.54, 1.807) is 11.6 Å². The van der Waals surface area contributed by atoms with E-state index in [4.69, 9.17) is 4.74 Å². The Morgan fingerprint density at radius 3 is 2.87 bits per heavy atom. The molecule has 0 aliphatic carbocycles. The smallest absolute Gasteiger partial charge is 0.410 e. The number of thiazole rings is 1. The number of carbonyl (C=O) groups is 2. The number of carbonyl (C=O) groups excluding carboxylic acids is 1. The first kappa shape index (κ1) is 20.9. The molecular weight excluding hydrogens is 434 g/mol. The number of amidine groups is 1. The topological polar surface area (TPSA) is 113 Å². The van der Waals surface area contributed by atoms with Crippen LogP contribution in [0.15, 0.2) is 34.5 Å². The highest BCUT2D eigenvalue weighted by Gasteiger charge is 2.41. The van der Waals surface area contributed by atoms with Crippen LogP contribution in [0.4, 0.5) is 13.6 Å². The molecule has 1 N–H and O–H groups in total. The molecule has 0 aromatic carbocycles. The molecule has 1 saturated heterocycles. The van der Waals surface area contributed by atoms with Crippen molar-refractivity contribution >= 4 is 34.8 Å². The number of aliphatic imine (C=N–C) groups is 1. The molecule has 2 aromatic heterocycles. The van der Waals surface area contributed by atoms with Gasteiger partial charge in [-0.25, -0.2) is 14.5 Å². The lowest BCUT2D eigenvalue weighted by Crippen LogP contribution is -2.45. The standard InChI is InChI=1S/C18H18F2N6O4S/c1-30-18(29)24(9-14(27)28)10-6-13-11(12-2-4-26(23-12)17(19)20)7-22-15(25(13)8-10)16-21-3-5-31-16/h2-5,10,17H,6-9H2,1H3,(H,27,28). The lowest BCUT2D eigenvalue weighted by molar-refractivity contribution is -0.138. The fraction of sp³-hybridized carbons (Fsp3) is 0.389. The van der Waals surface area contributed by atoms with Crippen LogP contribution >= 0.6 is 11.3 Å². The van der Waals surface area contributed by atoms with Gasteiger partial charge < -0.3 is 14.7 Å². The van der Waals surface area contributed by atoms with Gasteiger partial charge in [0.15, 0.2) is 10.8 Å². The summed E-state index contributed by atoms with van der Waals surface area (Å²) in [4.78, 5) is 35.4. The number of methoxy groups -OCH3 is 1. The lowest BCUT2D eigenvalue weighted by Gasteiger charge is -2.28. The molecule has 0 bridgehead atoms. The summed E-state index contributed by atoms with van der Waals surface area (Å²) < 4.78 is 31.3. The number of halogens is 2.